The van der Waals surface area contributed by atoms with Crippen molar-refractivity contribution in [3.8, 4) is 5.75 Å². The van der Waals surface area contributed by atoms with Gasteiger partial charge >= 0.3 is 0 Å². The van der Waals surface area contributed by atoms with Crippen LogP contribution in [0.4, 0.5) is 5.69 Å². The van der Waals surface area contributed by atoms with E-state index >= 15 is 0 Å². The van der Waals surface area contributed by atoms with E-state index in [1.807, 2.05) is 6.92 Å². The Hall–Kier alpha value is -0.970. The standard InChI is InChI=1S/C14H18Cl2N2O2/c1-2-14(3-5-17-6-4-14)13(20)18-9-7-10(15)12(19)11(16)8-9/h7-8,17,19H,2-6H2,1H3,(H,18,20). The van der Waals surface area contributed by atoms with Gasteiger partial charge in [-0.1, -0.05) is 30.1 Å². The number of phenolic OH excluding ortho intramolecular Hbond substituents is 1. The average Bonchev–Trinajstić information content (AvgIpc) is 2.45. The number of carbonyl (C=O) groups excluding carboxylic acids is 1. The Morgan fingerprint density at radius 2 is 1.90 bits per heavy atom. The lowest BCUT2D eigenvalue weighted by Crippen LogP contribution is -2.44. The number of rotatable bonds is 3. The molecule has 0 atom stereocenters. The van der Waals surface area contributed by atoms with Crippen LogP contribution in [0.2, 0.25) is 10.0 Å². The molecule has 3 N–H and O–H groups in total. The number of phenols is 1. The minimum Gasteiger partial charge on any atom is -0.505 e. The molecule has 0 aliphatic carbocycles. The maximum absolute atomic E-state index is 12.5. The summed E-state index contributed by atoms with van der Waals surface area (Å²) >= 11 is 11.7. The van der Waals surface area contributed by atoms with Crippen molar-refractivity contribution >= 4 is 34.8 Å². The first-order valence-electron chi connectivity index (χ1n) is 6.69. The highest BCUT2D eigenvalue weighted by Crippen LogP contribution is 2.37. The first-order chi connectivity index (χ1) is 9.48. The van der Waals surface area contributed by atoms with Gasteiger partial charge in [0.1, 0.15) is 0 Å². The Kier molecular flexibility index (Phi) is 4.78. The summed E-state index contributed by atoms with van der Waals surface area (Å²) in [4.78, 5) is 12.5. The molecule has 0 radical (unpaired) electrons. The van der Waals surface area contributed by atoms with Crippen molar-refractivity contribution in [1.29, 1.82) is 0 Å². The molecule has 1 heterocycles. The summed E-state index contributed by atoms with van der Waals surface area (Å²) < 4.78 is 0. The molecule has 0 spiro atoms. The predicted molar refractivity (Wildman–Crippen MR) is 81.6 cm³/mol. The topological polar surface area (TPSA) is 61.4 Å². The van der Waals surface area contributed by atoms with Crippen molar-refractivity contribution in [3.05, 3.63) is 22.2 Å². The normalized spacial score (nSPS) is 17.8. The van der Waals surface area contributed by atoms with Gasteiger partial charge in [0.05, 0.1) is 15.5 Å². The van der Waals surface area contributed by atoms with Crippen LogP contribution >= 0.6 is 23.2 Å². The molecule has 20 heavy (non-hydrogen) atoms. The highest BCUT2D eigenvalue weighted by Gasteiger charge is 2.37. The second-order valence-electron chi connectivity index (χ2n) is 5.13. The molecule has 0 bridgehead atoms. The van der Waals surface area contributed by atoms with Crippen LogP contribution in [0.25, 0.3) is 0 Å². The maximum atomic E-state index is 12.5. The Bertz CT molecular complexity index is 491. The van der Waals surface area contributed by atoms with Gasteiger partial charge in [0, 0.05) is 5.69 Å². The summed E-state index contributed by atoms with van der Waals surface area (Å²) in [6.07, 6.45) is 2.42. The molecule has 110 valence electrons. The van der Waals surface area contributed by atoms with Gasteiger partial charge in [-0.2, -0.15) is 0 Å². The SMILES string of the molecule is CCC1(C(=O)Nc2cc(Cl)c(O)c(Cl)c2)CCNCC1. The molecule has 1 amide bonds. The number of halogens is 2. The van der Waals surface area contributed by atoms with Gasteiger partial charge in [-0.25, -0.2) is 0 Å². The average molecular weight is 317 g/mol. The minimum absolute atomic E-state index is 0.0145. The molecule has 1 aliphatic heterocycles. The first kappa shape index (κ1) is 15.4. The molecule has 4 nitrogen and oxygen atoms in total. The Balaban J connectivity index is 2.18. The van der Waals surface area contributed by atoms with Gasteiger partial charge in [-0.3, -0.25) is 4.79 Å². The number of benzene rings is 1. The molecule has 0 unspecified atom stereocenters. The smallest absolute Gasteiger partial charge is 0.230 e. The van der Waals surface area contributed by atoms with Gasteiger partial charge in [0.15, 0.2) is 5.75 Å². The molecule has 1 aliphatic rings. The van der Waals surface area contributed by atoms with Gasteiger partial charge in [0.25, 0.3) is 0 Å². The third kappa shape index (κ3) is 3.03. The molecular weight excluding hydrogens is 299 g/mol. The molecule has 6 heteroatoms. The van der Waals surface area contributed by atoms with Crippen LogP contribution in [0, 0.1) is 5.41 Å². The monoisotopic (exact) mass is 316 g/mol. The summed E-state index contributed by atoms with van der Waals surface area (Å²) in [6, 6.07) is 3.01. The number of nitrogens with one attached hydrogen (secondary N) is 2. The van der Waals surface area contributed by atoms with E-state index in [0.29, 0.717) is 5.69 Å². The van der Waals surface area contributed by atoms with E-state index in [2.05, 4.69) is 10.6 Å². The van der Waals surface area contributed by atoms with Crippen LogP contribution < -0.4 is 10.6 Å². The zero-order valence-electron chi connectivity index (χ0n) is 11.3. The summed E-state index contributed by atoms with van der Waals surface area (Å²) in [5, 5.41) is 15.9. The van der Waals surface area contributed by atoms with Crippen molar-refractivity contribution < 1.29 is 9.90 Å². The molecule has 0 saturated carbocycles. The fraction of sp³-hybridized carbons (Fsp3) is 0.500. The van der Waals surface area contributed by atoms with Gasteiger partial charge in [-0.05, 0) is 44.5 Å². The van der Waals surface area contributed by atoms with E-state index in [9.17, 15) is 9.90 Å². The first-order valence-corrected chi connectivity index (χ1v) is 7.44. The zero-order chi connectivity index (χ0) is 14.8. The van der Waals surface area contributed by atoms with E-state index in [4.69, 9.17) is 23.2 Å². The van der Waals surface area contributed by atoms with Gasteiger partial charge in [0.2, 0.25) is 5.91 Å². The fourth-order valence-corrected chi connectivity index (χ4v) is 3.03. The Morgan fingerprint density at radius 1 is 1.35 bits per heavy atom. The summed E-state index contributed by atoms with van der Waals surface area (Å²) in [7, 11) is 0. The predicted octanol–water partition coefficient (Wildman–Crippen LogP) is 3.42. The molecule has 1 saturated heterocycles. The van der Waals surface area contributed by atoms with Gasteiger partial charge < -0.3 is 15.7 Å². The Morgan fingerprint density at radius 3 is 2.40 bits per heavy atom. The lowest BCUT2D eigenvalue weighted by atomic mass is 9.76. The van der Waals surface area contributed by atoms with Crippen molar-refractivity contribution in [2.45, 2.75) is 26.2 Å². The van der Waals surface area contributed by atoms with Crippen molar-refractivity contribution in [2.75, 3.05) is 18.4 Å². The molecule has 1 aromatic rings. The lowest BCUT2D eigenvalue weighted by Gasteiger charge is -2.35. The third-order valence-corrected chi connectivity index (χ3v) is 4.57. The fourth-order valence-electron chi connectivity index (χ4n) is 2.55. The van der Waals surface area contributed by atoms with E-state index in [0.717, 1.165) is 32.4 Å². The summed E-state index contributed by atoms with van der Waals surface area (Å²) in [6.45, 7) is 3.72. The van der Waals surface area contributed by atoms with Crippen LogP contribution in [-0.2, 0) is 4.79 Å². The number of aromatic hydroxyl groups is 1. The van der Waals surface area contributed by atoms with Gasteiger partial charge in [-0.15, -0.1) is 0 Å². The van der Waals surface area contributed by atoms with E-state index < -0.39 is 0 Å². The number of anilines is 1. The zero-order valence-corrected chi connectivity index (χ0v) is 12.8. The largest absolute Gasteiger partial charge is 0.505 e. The number of hydrogen-bond donors (Lipinski definition) is 3. The summed E-state index contributed by atoms with van der Waals surface area (Å²) in [5.74, 6) is -0.183. The van der Waals surface area contributed by atoms with E-state index in [-0.39, 0.29) is 27.1 Å². The van der Waals surface area contributed by atoms with Crippen LogP contribution in [0.3, 0.4) is 0 Å². The van der Waals surface area contributed by atoms with E-state index in [1.54, 1.807) is 0 Å². The third-order valence-electron chi connectivity index (χ3n) is 3.99. The molecule has 1 aromatic carbocycles. The minimum atomic E-state index is -0.345. The molecule has 2 rings (SSSR count). The molecular formula is C14H18Cl2N2O2. The number of hydrogen-bond acceptors (Lipinski definition) is 3. The van der Waals surface area contributed by atoms with Crippen LogP contribution in [0.1, 0.15) is 26.2 Å². The molecule has 0 aromatic heterocycles. The number of carbonyl (C=O) groups is 1. The van der Waals surface area contributed by atoms with Crippen LogP contribution in [-0.4, -0.2) is 24.1 Å². The second-order valence-corrected chi connectivity index (χ2v) is 5.94. The highest BCUT2D eigenvalue weighted by molar-refractivity contribution is 6.37. The lowest BCUT2D eigenvalue weighted by molar-refractivity contribution is -0.127. The highest BCUT2D eigenvalue weighted by atomic mass is 35.5. The van der Waals surface area contributed by atoms with Crippen LogP contribution in [0.15, 0.2) is 12.1 Å². The van der Waals surface area contributed by atoms with Crippen molar-refractivity contribution in [2.24, 2.45) is 5.41 Å². The maximum Gasteiger partial charge on any atom is 0.230 e. The Labute approximate surface area is 128 Å². The van der Waals surface area contributed by atoms with Crippen LogP contribution in [0.5, 0.6) is 5.75 Å². The van der Waals surface area contributed by atoms with Crippen molar-refractivity contribution in [3.63, 3.8) is 0 Å². The number of amides is 1. The number of piperidine rings is 1. The molecule has 1 fully saturated rings. The summed E-state index contributed by atoms with van der Waals surface area (Å²) in [5.41, 5.74) is 0.163. The quantitative estimate of drug-likeness (QED) is 0.749. The van der Waals surface area contributed by atoms with E-state index in [1.165, 1.54) is 12.1 Å². The second kappa shape index (κ2) is 6.20. The van der Waals surface area contributed by atoms with Crippen molar-refractivity contribution in [1.82, 2.24) is 5.32 Å².